The van der Waals surface area contributed by atoms with Crippen molar-refractivity contribution in [3.05, 3.63) is 35.6 Å². The molecule has 4 heteroatoms. The second-order valence-electron chi connectivity index (χ2n) is 5.12. The maximum absolute atomic E-state index is 12.9. The highest BCUT2D eigenvalue weighted by Gasteiger charge is 2.24. The topological polar surface area (TPSA) is 35.5 Å². The fraction of sp³-hybridized carbons (Fsp3) is 0.571. The molecular weight excluding hydrogens is 231 g/mol. The van der Waals surface area contributed by atoms with Gasteiger partial charge in [0.1, 0.15) is 5.82 Å². The summed E-state index contributed by atoms with van der Waals surface area (Å²) < 4.78 is 12.9. The molecule has 0 bridgehead atoms. The van der Waals surface area contributed by atoms with Crippen LogP contribution in [0.2, 0.25) is 0 Å². The molecule has 1 saturated heterocycles. The van der Waals surface area contributed by atoms with Gasteiger partial charge in [0.15, 0.2) is 0 Å². The SMILES string of the molecule is CC(O)(CCN1CCNCC1)c1ccc(F)cc1. The van der Waals surface area contributed by atoms with E-state index in [0.29, 0.717) is 6.42 Å². The number of nitrogens with zero attached hydrogens (tertiary/aromatic N) is 1. The third kappa shape index (κ3) is 3.51. The first-order valence-electron chi connectivity index (χ1n) is 6.49. The first-order valence-corrected chi connectivity index (χ1v) is 6.49. The van der Waals surface area contributed by atoms with E-state index < -0.39 is 5.60 Å². The van der Waals surface area contributed by atoms with E-state index in [9.17, 15) is 9.50 Å². The van der Waals surface area contributed by atoms with Gasteiger partial charge >= 0.3 is 0 Å². The summed E-state index contributed by atoms with van der Waals surface area (Å²) in [6.07, 6.45) is 0.665. The highest BCUT2D eigenvalue weighted by atomic mass is 19.1. The Balaban J connectivity index is 1.91. The maximum atomic E-state index is 12.9. The number of halogens is 1. The second kappa shape index (κ2) is 5.78. The van der Waals surface area contributed by atoms with Gasteiger partial charge in [0.2, 0.25) is 0 Å². The number of aliphatic hydroxyl groups is 1. The normalized spacial score (nSPS) is 20.6. The molecule has 0 aromatic heterocycles. The predicted octanol–water partition coefficient (Wildman–Crippen LogP) is 1.33. The monoisotopic (exact) mass is 252 g/mol. The molecule has 0 aliphatic carbocycles. The van der Waals surface area contributed by atoms with E-state index in [2.05, 4.69) is 10.2 Å². The first-order chi connectivity index (χ1) is 8.58. The summed E-state index contributed by atoms with van der Waals surface area (Å²) in [5.74, 6) is -0.267. The highest BCUT2D eigenvalue weighted by molar-refractivity contribution is 5.22. The van der Waals surface area contributed by atoms with E-state index in [-0.39, 0.29) is 5.82 Å². The van der Waals surface area contributed by atoms with Gasteiger partial charge in [-0.05, 0) is 31.0 Å². The number of piperazine rings is 1. The van der Waals surface area contributed by atoms with Crippen molar-refractivity contribution in [3.63, 3.8) is 0 Å². The van der Waals surface area contributed by atoms with Gasteiger partial charge in [0.05, 0.1) is 5.60 Å². The van der Waals surface area contributed by atoms with Gasteiger partial charge in [-0.2, -0.15) is 0 Å². The van der Waals surface area contributed by atoms with Crippen molar-refractivity contribution >= 4 is 0 Å². The molecule has 0 spiro atoms. The number of nitrogens with one attached hydrogen (secondary N) is 1. The summed E-state index contributed by atoms with van der Waals surface area (Å²) in [4.78, 5) is 2.34. The van der Waals surface area contributed by atoms with Gasteiger partial charge in [-0.15, -0.1) is 0 Å². The van der Waals surface area contributed by atoms with Gasteiger partial charge in [0.25, 0.3) is 0 Å². The van der Waals surface area contributed by atoms with E-state index in [1.807, 2.05) is 0 Å². The summed E-state index contributed by atoms with van der Waals surface area (Å²) >= 11 is 0. The molecule has 1 aromatic rings. The zero-order valence-corrected chi connectivity index (χ0v) is 10.8. The van der Waals surface area contributed by atoms with Crippen molar-refractivity contribution < 1.29 is 9.50 Å². The Hall–Kier alpha value is -0.970. The van der Waals surface area contributed by atoms with E-state index in [4.69, 9.17) is 0 Å². The molecule has 1 aromatic carbocycles. The molecule has 0 amide bonds. The van der Waals surface area contributed by atoms with Crippen molar-refractivity contribution in [3.8, 4) is 0 Å². The summed E-state index contributed by atoms with van der Waals surface area (Å²) in [7, 11) is 0. The molecule has 0 saturated carbocycles. The van der Waals surface area contributed by atoms with E-state index in [1.54, 1.807) is 19.1 Å². The Morgan fingerprint density at radius 3 is 2.50 bits per heavy atom. The first kappa shape index (κ1) is 13.5. The molecule has 100 valence electrons. The van der Waals surface area contributed by atoms with E-state index >= 15 is 0 Å². The van der Waals surface area contributed by atoms with Gasteiger partial charge in [0, 0.05) is 32.7 Å². The van der Waals surface area contributed by atoms with Crippen LogP contribution in [0, 0.1) is 5.82 Å². The van der Waals surface area contributed by atoms with Gasteiger partial charge in [-0.25, -0.2) is 4.39 Å². The molecule has 1 aliphatic heterocycles. The van der Waals surface area contributed by atoms with Crippen molar-refractivity contribution in [1.82, 2.24) is 10.2 Å². The van der Waals surface area contributed by atoms with Gasteiger partial charge in [-0.1, -0.05) is 12.1 Å². The van der Waals surface area contributed by atoms with Crippen molar-refractivity contribution in [2.24, 2.45) is 0 Å². The Labute approximate surface area is 108 Å². The molecular formula is C14H21FN2O. The molecule has 1 aliphatic rings. The fourth-order valence-electron chi connectivity index (χ4n) is 2.26. The van der Waals surface area contributed by atoms with Crippen LogP contribution in [0.5, 0.6) is 0 Å². The molecule has 3 nitrogen and oxygen atoms in total. The van der Waals surface area contributed by atoms with Crippen LogP contribution in [0.25, 0.3) is 0 Å². The minimum absolute atomic E-state index is 0.267. The van der Waals surface area contributed by atoms with Crippen molar-refractivity contribution in [2.75, 3.05) is 32.7 Å². The third-order valence-corrected chi connectivity index (χ3v) is 3.59. The lowest BCUT2D eigenvalue weighted by Crippen LogP contribution is -2.45. The van der Waals surface area contributed by atoms with Crippen LogP contribution in [0.3, 0.4) is 0 Å². The maximum Gasteiger partial charge on any atom is 0.123 e. The minimum atomic E-state index is -0.890. The molecule has 0 radical (unpaired) electrons. The van der Waals surface area contributed by atoms with Crippen LogP contribution in [-0.4, -0.2) is 42.7 Å². The second-order valence-corrected chi connectivity index (χ2v) is 5.12. The lowest BCUT2D eigenvalue weighted by Gasteiger charge is -2.31. The summed E-state index contributed by atoms with van der Waals surface area (Å²) in [5.41, 5.74) is -0.113. The van der Waals surface area contributed by atoms with Crippen LogP contribution in [0.1, 0.15) is 18.9 Å². The Kier molecular flexibility index (Phi) is 4.32. The smallest absolute Gasteiger partial charge is 0.123 e. The zero-order valence-electron chi connectivity index (χ0n) is 10.8. The van der Waals surface area contributed by atoms with Gasteiger partial charge in [-0.3, -0.25) is 0 Å². The molecule has 2 rings (SSSR count). The van der Waals surface area contributed by atoms with Gasteiger partial charge < -0.3 is 15.3 Å². The average Bonchev–Trinajstić information content (AvgIpc) is 2.38. The lowest BCUT2D eigenvalue weighted by molar-refractivity contribution is 0.0344. The lowest BCUT2D eigenvalue weighted by atomic mass is 9.92. The standard InChI is InChI=1S/C14H21FN2O/c1-14(18,12-2-4-13(15)5-3-12)6-9-17-10-7-16-8-11-17/h2-5,16,18H,6-11H2,1H3. The summed E-state index contributed by atoms with van der Waals surface area (Å²) in [5, 5.41) is 13.7. The quantitative estimate of drug-likeness (QED) is 0.848. The molecule has 1 fully saturated rings. The van der Waals surface area contributed by atoms with Crippen LogP contribution in [-0.2, 0) is 5.60 Å². The largest absolute Gasteiger partial charge is 0.385 e. The van der Waals surface area contributed by atoms with Crippen molar-refractivity contribution in [1.29, 1.82) is 0 Å². The molecule has 2 N–H and O–H groups in total. The van der Waals surface area contributed by atoms with Crippen LogP contribution >= 0.6 is 0 Å². The van der Waals surface area contributed by atoms with Crippen LogP contribution in [0.4, 0.5) is 4.39 Å². The fourth-order valence-corrected chi connectivity index (χ4v) is 2.26. The Morgan fingerprint density at radius 2 is 1.89 bits per heavy atom. The number of benzene rings is 1. The third-order valence-electron chi connectivity index (χ3n) is 3.59. The predicted molar refractivity (Wildman–Crippen MR) is 69.9 cm³/mol. The van der Waals surface area contributed by atoms with Crippen LogP contribution in [0.15, 0.2) is 24.3 Å². The number of hydrogen-bond donors (Lipinski definition) is 2. The molecule has 1 heterocycles. The summed E-state index contributed by atoms with van der Waals surface area (Å²) in [6.45, 7) is 6.74. The zero-order chi connectivity index (χ0) is 13.0. The Bertz CT molecular complexity index is 372. The van der Waals surface area contributed by atoms with Crippen LogP contribution < -0.4 is 5.32 Å². The molecule has 18 heavy (non-hydrogen) atoms. The van der Waals surface area contributed by atoms with Crippen molar-refractivity contribution in [2.45, 2.75) is 18.9 Å². The minimum Gasteiger partial charge on any atom is -0.385 e. The van der Waals surface area contributed by atoms with E-state index in [0.717, 1.165) is 38.3 Å². The number of rotatable bonds is 4. The Morgan fingerprint density at radius 1 is 1.28 bits per heavy atom. The van der Waals surface area contributed by atoms with E-state index in [1.165, 1.54) is 12.1 Å². The number of hydrogen-bond acceptors (Lipinski definition) is 3. The summed E-state index contributed by atoms with van der Waals surface area (Å²) in [6, 6.07) is 6.11. The highest BCUT2D eigenvalue weighted by Crippen LogP contribution is 2.24. The molecule has 1 unspecified atom stereocenters. The average molecular weight is 252 g/mol. The molecule has 1 atom stereocenters.